The first-order valence-electron chi connectivity index (χ1n) is 7.12. The quantitative estimate of drug-likeness (QED) is 0.779. The molecule has 1 unspecified atom stereocenters. The largest absolute Gasteiger partial charge is 0.393 e. The molecule has 1 heterocycles. The number of rotatable bonds is 6. The molecule has 124 valence electrons. The molecule has 8 heteroatoms. The maximum absolute atomic E-state index is 12.0. The van der Waals surface area contributed by atoms with Crippen LogP contribution in [0.15, 0.2) is 23.4 Å². The Morgan fingerprint density at radius 3 is 2.87 bits per heavy atom. The smallest absolute Gasteiger partial charge is 0.234 e. The van der Waals surface area contributed by atoms with Crippen molar-refractivity contribution in [3.05, 3.63) is 34.6 Å². The summed E-state index contributed by atoms with van der Waals surface area (Å²) in [6, 6.07) is 5.39. The molecular formula is C15H19ClN4O2S. The molecule has 0 spiro atoms. The van der Waals surface area contributed by atoms with E-state index in [0.717, 1.165) is 5.56 Å². The van der Waals surface area contributed by atoms with Gasteiger partial charge in [0.25, 0.3) is 0 Å². The lowest BCUT2D eigenvalue weighted by molar-refractivity contribution is -0.113. The summed E-state index contributed by atoms with van der Waals surface area (Å²) >= 11 is 7.33. The molecule has 2 N–H and O–H groups in total. The van der Waals surface area contributed by atoms with E-state index in [9.17, 15) is 9.90 Å². The van der Waals surface area contributed by atoms with Crippen LogP contribution in [0.2, 0.25) is 5.02 Å². The highest BCUT2D eigenvalue weighted by Gasteiger charge is 2.13. The second-order valence-corrected chi connectivity index (χ2v) is 6.66. The van der Waals surface area contributed by atoms with Gasteiger partial charge in [0, 0.05) is 24.2 Å². The average Bonchev–Trinajstić information content (AvgIpc) is 2.81. The molecule has 0 bridgehead atoms. The molecule has 23 heavy (non-hydrogen) atoms. The number of thioether (sulfide) groups is 1. The standard InChI is InChI=1S/C15H19ClN4O2S/c1-9-4-5-11(7-12(9)16)17-14(22)8-23-15-19-18-13(20(15)3)6-10(2)21/h4-5,7,10,21H,6,8H2,1-3H3,(H,17,22). The molecule has 0 saturated carbocycles. The third-order valence-corrected chi connectivity index (χ3v) is 4.62. The van der Waals surface area contributed by atoms with Gasteiger partial charge in [-0.2, -0.15) is 0 Å². The highest BCUT2D eigenvalue weighted by atomic mass is 35.5. The van der Waals surface area contributed by atoms with Crippen molar-refractivity contribution in [3.8, 4) is 0 Å². The molecule has 1 aromatic heterocycles. The predicted octanol–water partition coefficient (Wildman–Crippen LogP) is 2.43. The third-order valence-electron chi connectivity index (χ3n) is 3.19. The van der Waals surface area contributed by atoms with E-state index in [1.54, 1.807) is 17.6 Å². The first kappa shape index (κ1) is 17.8. The summed E-state index contributed by atoms with van der Waals surface area (Å²) in [5.74, 6) is 0.759. The van der Waals surface area contributed by atoms with Gasteiger partial charge in [-0.15, -0.1) is 10.2 Å². The molecule has 1 atom stereocenters. The number of aromatic nitrogens is 3. The minimum atomic E-state index is -0.481. The zero-order chi connectivity index (χ0) is 17.0. The summed E-state index contributed by atoms with van der Waals surface area (Å²) in [5, 5.41) is 21.5. The number of nitrogens with zero attached hydrogens (tertiary/aromatic N) is 3. The van der Waals surface area contributed by atoms with Gasteiger partial charge in [-0.1, -0.05) is 29.4 Å². The molecule has 0 radical (unpaired) electrons. The molecule has 6 nitrogen and oxygen atoms in total. The van der Waals surface area contributed by atoms with Gasteiger partial charge in [0.15, 0.2) is 5.16 Å². The Hall–Kier alpha value is -1.57. The number of aliphatic hydroxyl groups excluding tert-OH is 1. The zero-order valence-corrected chi connectivity index (χ0v) is 14.8. The number of anilines is 1. The highest BCUT2D eigenvalue weighted by Crippen LogP contribution is 2.21. The lowest BCUT2D eigenvalue weighted by Crippen LogP contribution is -2.14. The van der Waals surface area contributed by atoms with Crippen LogP contribution in [-0.4, -0.2) is 37.6 Å². The van der Waals surface area contributed by atoms with Gasteiger partial charge in [-0.05, 0) is 31.5 Å². The van der Waals surface area contributed by atoms with Crippen molar-refractivity contribution in [1.82, 2.24) is 14.8 Å². The normalized spacial score (nSPS) is 12.2. The van der Waals surface area contributed by atoms with E-state index in [2.05, 4.69) is 15.5 Å². The van der Waals surface area contributed by atoms with Gasteiger partial charge >= 0.3 is 0 Å². The van der Waals surface area contributed by atoms with Crippen LogP contribution < -0.4 is 5.32 Å². The summed E-state index contributed by atoms with van der Waals surface area (Å²) in [7, 11) is 1.82. The molecule has 1 amide bonds. The second-order valence-electron chi connectivity index (χ2n) is 5.31. The second kappa shape index (κ2) is 7.81. The molecule has 2 rings (SSSR count). The summed E-state index contributed by atoms with van der Waals surface area (Å²) in [6.45, 7) is 3.60. The van der Waals surface area contributed by atoms with E-state index in [1.807, 2.05) is 26.1 Å². The topological polar surface area (TPSA) is 80.0 Å². The van der Waals surface area contributed by atoms with Crippen LogP contribution in [-0.2, 0) is 18.3 Å². The Bertz CT molecular complexity index is 703. The Morgan fingerprint density at radius 1 is 1.48 bits per heavy atom. The number of carbonyl (C=O) groups is 1. The van der Waals surface area contributed by atoms with Crippen molar-refractivity contribution in [2.75, 3.05) is 11.1 Å². The van der Waals surface area contributed by atoms with Crippen LogP contribution in [0.1, 0.15) is 18.3 Å². The average molecular weight is 355 g/mol. The predicted molar refractivity (Wildman–Crippen MR) is 91.9 cm³/mol. The lowest BCUT2D eigenvalue weighted by Gasteiger charge is -2.07. The van der Waals surface area contributed by atoms with E-state index < -0.39 is 6.10 Å². The Kier molecular flexibility index (Phi) is 6.04. The van der Waals surface area contributed by atoms with Crippen LogP contribution in [0.5, 0.6) is 0 Å². The minimum absolute atomic E-state index is 0.144. The fraction of sp³-hybridized carbons (Fsp3) is 0.400. The number of aryl methyl sites for hydroxylation is 1. The Labute approximate surface area is 144 Å². The minimum Gasteiger partial charge on any atom is -0.393 e. The van der Waals surface area contributed by atoms with Gasteiger partial charge in [0.05, 0.1) is 11.9 Å². The fourth-order valence-electron chi connectivity index (χ4n) is 1.91. The molecule has 0 aliphatic rings. The Morgan fingerprint density at radius 2 is 2.22 bits per heavy atom. The number of aliphatic hydroxyl groups is 1. The van der Waals surface area contributed by atoms with Gasteiger partial charge in [0.1, 0.15) is 5.82 Å². The van der Waals surface area contributed by atoms with Crippen molar-refractivity contribution >= 4 is 35.0 Å². The monoisotopic (exact) mass is 354 g/mol. The molecule has 0 saturated heterocycles. The van der Waals surface area contributed by atoms with Gasteiger partial charge < -0.3 is 15.0 Å². The summed E-state index contributed by atoms with van der Waals surface area (Å²) in [4.78, 5) is 12.0. The SMILES string of the molecule is Cc1ccc(NC(=O)CSc2nnc(CC(C)O)n2C)cc1Cl. The van der Waals surface area contributed by atoms with Crippen LogP contribution in [0.3, 0.4) is 0 Å². The maximum atomic E-state index is 12.0. The molecule has 2 aromatic rings. The number of amides is 1. The van der Waals surface area contributed by atoms with Crippen molar-refractivity contribution in [1.29, 1.82) is 0 Å². The van der Waals surface area contributed by atoms with E-state index in [-0.39, 0.29) is 11.7 Å². The summed E-state index contributed by atoms with van der Waals surface area (Å²) in [6.07, 6.45) is -0.0525. The van der Waals surface area contributed by atoms with Gasteiger partial charge in [0.2, 0.25) is 5.91 Å². The van der Waals surface area contributed by atoms with Gasteiger partial charge in [-0.3, -0.25) is 4.79 Å². The van der Waals surface area contributed by atoms with Crippen molar-refractivity contribution in [3.63, 3.8) is 0 Å². The van der Waals surface area contributed by atoms with Crippen molar-refractivity contribution in [2.45, 2.75) is 31.5 Å². The first-order valence-corrected chi connectivity index (χ1v) is 8.48. The lowest BCUT2D eigenvalue weighted by atomic mass is 10.2. The number of benzene rings is 1. The molecule has 0 fully saturated rings. The number of halogens is 1. The third kappa shape index (κ3) is 4.95. The van der Waals surface area contributed by atoms with Gasteiger partial charge in [-0.25, -0.2) is 0 Å². The number of carbonyl (C=O) groups excluding carboxylic acids is 1. The van der Waals surface area contributed by atoms with Crippen LogP contribution in [0, 0.1) is 6.92 Å². The van der Waals surface area contributed by atoms with E-state index in [4.69, 9.17) is 11.6 Å². The zero-order valence-electron chi connectivity index (χ0n) is 13.2. The molecular weight excluding hydrogens is 336 g/mol. The van der Waals surface area contributed by atoms with E-state index >= 15 is 0 Å². The summed E-state index contributed by atoms with van der Waals surface area (Å²) < 4.78 is 1.79. The molecule has 0 aliphatic carbocycles. The number of hydrogen-bond donors (Lipinski definition) is 2. The van der Waals surface area contributed by atoms with Crippen LogP contribution >= 0.6 is 23.4 Å². The van der Waals surface area contributed by atoms with Crippen molar-refractivity contribution in [2.24, 2.45) is 7.05 Å². The highest BCUT2D eigenvalue weighted by molar-refractivity contribution is 7.99. The number of nitrogens with one attached hydrogen (secondary N) is 1. The molecule has 1 aromatic carbocycles. The first-order chi connectivity index (χ1) is 10.9. The summed E-state index contributed by atoms with van der Waals surface area (Å²) in [5.41, 5.74) is 1.63. The maximum Gasteiger partial charge on any atom is 0.234 e. The number of hydrogen-bond acceptors (Lipinski definition) is 5. The van der Waals surface area contributed by atoms with Crippen LogP contribution in [0.4, 0.5) is 5.69 Å². The van der Waals surface area contributed by atoms with Crippen molar-refractivity contribution < 1.29 is 9.90 Å². The van der Waals surface area contributed by atoms with Crippen LogP contribution in [0.25, 0.3) is 0 Å². The van der Waals surface area contributed by atoms with E-state index in [0.29, 0.717) is 28.1 Å². The molecule has 0 aliphatic heterocycles. The Balaban J connectivity index is 1.91. The van der Waals surface area contributed by atoms with E-state index in [1.165, 1.54) is 11.8 Å². The fourth-order valence-corrected chi connectivity index (χ4v) is 2.82.